The highest BCUT2D eigenvalue weighted by atomic mass is 32.1. The van der Waals surface area contributed by atoms with Gasteiger partial charge in [-0.15, -0.1) is 0 Å². The minimum atomic E-state index is 0.148. The van der Waals surface area contributed by atoms with Gasteiger partial charge in [0.2, 0.25) is 0 Å². The summed E-state index contributed by atoms with van der Waals surface area (Å²) in [5.41, 5.74) is 24.2. The molecule has 0 radical (unpaired) electrons. The predicted molar refractivity (Wildman–Crippen MR) is 380 cm³/mol. The highest BCUT2D eigenvalue weighted by Crippen LogP contribution is 2.42. The summed E-state index contributed by atoms with van der Waals surface area (Å²) < 4.78 is 8.54. The molecule has 0 spiro atoms. The average Bonchev–Trinajstić information content (AvgIpc) is 1.81. The van der Waals surface area contributed by atoms with E-state index < -0.39 is 0 Å². The second-order valence-electron chi connectivity index (χ2n) is 30.0. The van der Waals surface area contributed by atoms with Crippen molar-refractivity contribution < 1.29 is 0 Å². The molecular weight excluding hydrogens is 1070 g/mol. The van der Waals surface area contributed by atoms with Crippen molar-refractivity contribution >= 4 is 55.3 Å². The summed E-state index contributed by atoms with van der Waals surface area (Å²) in [5, 5.41) is 5.15. The van der Waals surface area contributed by atoms with Crippen LogP contribution in [0.3, 0.4) is 0 Å². The fraction of sp³-hybridized carbons (Fsp3) is 0.366. The lowest BCUT2D eigenvalue weighted by Gasteiger charge is -2.27. The standard InChI is InChI=1S/C17H18.C14H17N.C14H20.C14H16.C13H15N.C10H12N2S/c1-17(2,3)16-10-6-9-14-13-8-5-4-7-12(13)11-15(14)16;1-10-8-9-11-6-5-7-12(13(11)15-10)14(2,3)4;1-14(2,3)13-10-6-8-11-7-4-5-9-12(11)13;1-14(2,3)13-9-8-11-6-4-5-7-12(11)10-13;1-13(2,3)11-7-4-8-12-10(11)6-5-9-14-12;1-10(2,3)7-5-4-6-8-9(7)12-13-11-8/h4-10H,11H2,1-3H3;5-9H,1-4H3;6,8,10H,4-5,7,9H2,1-3H3;4-10H,1-3H3;4-9H,1-3H3;4-6H,1-3H3. The molecule has 87 heavy (non-hydrogen) atoms. The molecule has 4 nitrogen and oxygen atoms in total. The fourth-order valence-corrected chi connectivity index (χ4v) is 12.6. The summed E-state index contributed by atoms with van der Waals surface area (Å²) >= 11 is 1.28. The lowest BCUT2D eigenvalue weighted by molar-refractivity contribution is 0.568. The first kappa shape index (κ1) is 65.6. The van der Waals surface area contributed by atoms with Gasteiger partial charge in [-0.2, -0.15) is 8.75 Å². The third kappa shape index (κ3) is 16.6. The van der Waals surface area contributed by atoms with E-state index in [1.54, 1.807) is 16.7 Å². The Morgan fingerprint density at radius 1 is 0.356 bits per heavy atom. The Morgan fingerprint density at radius 2 is 0.862 bits per heavy atom. The Kier molecular flexibility index (Phi) is 20.3. The van der Waals surface area contributed by atoms with Gasteiger partial charge < -0.3 is 0 Å². The molecule has 0 amide bonds. The highest BCUT2D eigenvalue weighted by molar-refractivity contribution is 7.00. The number of hydrogen-bond acceptors (Lipinski definition) is 5. The van der Waals surface area contributed by atoms with E-state index >= 15 is 0 Å². The smallest absolute Gasteiger partial charge is 0.108 e. The van der Waals surface area contributed by atoms with Gasteiger partial charge in [0.1, 0.15) is 11.0 Å². The van der Waals surface area contributed by atoms with E-state index in [2.05, 4.69) is 307 Å². The first-order valence-corrected chi connectivity index (χ1v) is 32.4. The molecule has 0 fully saturated rings. The van der Waals surface area contributed by atoms with E-state index in [-0.39, 0.29) is 27.1 Å². The van der Waals surface area contributed by atoms with Gasteiger partial charge in [0.05, 0.1) is 22.8 Å². The van der Waals surface area contributed by atoms with E-state index in [4.69, 9.17) is 0 Å². The Labute approximate surface area is 527 Å². The van der Waals surface area contributed by atoms with E-state index in [0.29, 0.717) is 5.41 Å². The third-order valence-corrected chi connectivity index (χ3v) is 17.2. The van der Waals surface area contributed by atoms with Crippen LogP contribution in [0.4, 0.5) is 0 Å². The molecule has 8 aromatic carbocycles. The molecule has 13 rings (SSSR count). The normalized spacial score (nSPS) is 13.0. The number of para-hydroxylation sites is 1. The second kappa shape index (κ2) is 27.0. The molecule has 0 saturated carbocycles. The van der Waals surface area contributed by atoms with Crippen LogP contribution in [0.2, 0.25) is 0 Å². The zero-order chi connectivity index (χ0) is 63.1. The van der Waals surface area contributed by atoms with E-state index in [0.717, 1.165) is 34.2 Å². The molecule has 2 aliphatic rings. The van der Waals surface area contributed by atoms with Gasteiger partial charge in [-0.1, -0.05) is 282 Å². The summed E-state index contributed by atoms with van der Waals surface area (Å²) in [6.07, 6.45) is 8.27. The number of nitrogens with zero attached hydrogens (tertiary/aromatic N) is 4. The SMILES string of the molecule is CC(C)(C)c1ccc2ccccc2c1.CC(C)(C)c1cccc2c1CCCC2.CC(C)(C)c1cccc2c1Cc1ccccc1-2.CC(C)(C)c1cccc2ncccc12.CC(C)(C)c1cccc2nsnc12.Cc1ccc2cccc(C(C)(C)C)c2n1. The minimum Gasteiger partial charge on any atom is -0.256 e. The molecule has 452 valence electrons. The van der Waals surface area contributed by atoms with Gasteiger partial charge >= 0.3 is 0 Å². The first-order chi connectivity index (χ1) is 40.9. The molecule has 0 N–H and O–H groups in total. The lowest BCUT2D eigenvalue weighted by atomic mass is 9.78. The van der Waals surface area contributed by atoms with E-state index in [1.165, 1.54) is 109 Å². The van der Waals surface area contributed by atoms with Gasteiger partial charge in [0, 0.05) is 22.7 Å². The summed E-state index contributed by atoms with van der Waals surface area (Å²) in [7, 11) is 0. The van der Waals surface area contributed by atoms with Crippen molar-refractivity contribution in [3.05, 3.63) is 250 Å². The Morgan fingerprint density at radius 3 is 1.53 bits per heavy atom. The fourth-order valence-electron chi connectivity index (χ4n) is 12.0. The minimum absolute atomic E-state index is 0.148. The highest BCUT2D eigenvalue weighted by Gasteiger charge is 2.26. The Balaban J connectivity index is 0.000000136. The van der Waals surface area contributed by atoms with Gasteiger partial charge in [-0.3, -0.25) is 9.97 Å². The van der Waals surface area contributed by atoms with Crippen LogP contribution in [0.5, 0.6) is 0 Å². The number of aryl methyl sites for hydroxylation is 2. The van der Waals surface area contributed by atoms with Gasteiger partial charge in [-0.25, -0.2) is 0 Å². The van der Waals surface area contributed by atoms with Crippen molar-refractivity contribution in [3.63, 3.8) is 0 Å². The third-order valence-electron chi connectivity index (χ3n) is 16.7. The average molecular weight is 1170 g/mol. The monoisotopic (exact) mass is 1170 g/mol. The second-order valence-corrected chi connectivity index (χ2v) is 30.5. The van der Waals surface area contributed by atoms with Crippen LogP contribution < -0.4 is 0 Å². The summed E-state index contributed by atoms with van der Waals surface area (Å²) in [6.45, 7) is 42.6. The maximum atomic E-state index is 4.64. The van der Waals surface area contributed by atoms with Gasteiger partial charge in [0.15, 0.2) is 0 Å². The molecule has 11 aromatic rings. The van der Waals surface area contributed by atoms with Crippen molar-refractivity contribution in [1.29, 1.82) is 0 Å². The largest absolute Gasteiger partial charge is 0.256 e. The Bertz CT molecular complexity index is 4090. The molecule has 0 bridgehead atoms. The number of rotatable bonds is 0. The van der Waals surface area contributed by atoms with Crippen LogP contribution in [-0.2, 0) is 51.8 Å². The number of aromatic nitrogens is 4. The molecule has 0 aliphatic heterocycles. The van der Waals surface area contributed by atoms with E-state index in [1.807, 2.05) is 31.3 Å². The van der Waals surface area contributed by atoms with Crippen molar-refractivity contribution in [3.8, 4) is 11.1 Å². The molecule has 2 aliphatic carbocycles. The molecule has 5 heteroatoms. The quantitative estimate of drug-likeness (QED) is 0.152. The topological polar surface area (TPSA) is 51.6 Å². The predicted octanol–water partition coefficient (Wildman–Crippen LogP) is 22.9. The zero-order valence-corrected chi connectivity index (χ0v) is 56.9. The molecule has 0 atom stereocenters. The zero-order valence-electron chi connectivity index (χ0n) is 56.1. The molecule has 3 aromatic heterocycles. The van der Waals surface area contributed by atoms with Crippen molar-refractivity contribution in [2.24, 2.45) is 0 Å². The molecule has 3 heterocycles. The summed E-state index contributed by atoms with van der Waals surface area (Å²) in [4.78, 5) is 9.00. The van der Waals surface area contributed by atoms with Crippen LogP contribution in [0.15, 0.2) is 188 Å². The number of hydrogen-bond donors (Lipinski definition) is 0. The molecule has 0 unspecified atom stereocenters. The van der Waals surface area contributed by atoms with E-state index in [9.17, 15) is 0 Å². The van der Waals surface area contributed by atoms with Gasteiger partial charge in [0.25, 0.3) is 0 Å². The first-order valence-electron chi connectivity index (χ1n) is 31.6. The summed E-state index contributed by atoms with van der Waals surface area (Å²) in [6, 6.07) is 64.8. The lowest BCUT2D eigenvalue weighted by Crippen LogP contribution is -2.17. The summed E-state index contributed by atoms with van der Waals surface area (Å²) in [5.74, 6) is 0. The number of pyridine rings is 2. The number of benzene rings is 8. The number of fused-ring (bicyclic) bond motifs is 8. The van der Waals surface area contributed by atoms with Crippen molar-refractivity contribution in [2.75, 3.05) is 0 Å². The van der Waals surface area contributed by atoms with Crippen molar-refractivity contribution in [1.82, 2.24) is 18.7 Å². The van der Waals surface area contributed by atoms with Crippen LogP contribution in [0, 0.1) is 6.92 Å². The molecule has 0 saturated heterocycles. The molecular formula is C82H98N4S. The van der Waals surface area contributed by atoms with Crippen LogP contribution in [0.25, 0.3) is 54.7 Å². The Hall–Kier alpha value is -7.34. The van der Waals surface area contributed by atoms with Gasteiger partial charge in [-0.05, 0) is 173 Å². The van der Waals surface area contributed by atoms with Crippen LogP contribution in [0.1, 0.15) is 199 Å². The maximum Gasteiger partial charge on any atom is 0.108 e. The van der Waals surface area contributed by atoms with Crippen LogP contribution >= 0.6 is 11.7 Å². The maximum absolute atomic E-state index is 4.64. The van der Waals surface area contributed by atoms with Crippen molar-refractivity contribution in [2.45, 2.75) is 196 Å². The van der Waals surface area contributed by atoms with Crippen LogP contribution in [-0.4, -0.2) is 18.7 Å².